The highest BCUT2D eigenvalue weighted by Crippen LogP contribution is 2.39. The second-order valence-corrected chi connectivity index (χ2v) is 9.18. The number of nitrogens with zero attached hydrogens (tertiary/aromatic N) is 1. The number of carbonyl (C=O) groups excluding carboxylic acids is 1. The van der Waals surface area contributed by atoms with Crippen LogP contribution in [-0.2, 0) is 11.2 Å². The molecule has 2 unspecified atom stereocenters. The summed E-state index contributed by atoms with van der Waals surface area (Å²) in [5.41, 5.74) is 6.21. The first kappa shape index (κ1) is 21.2. The van der Waals surface area contributed by atoms with Gasteiger partial charge in [0, 0.05) is 57.1 Å². The van der Waals surface area contributed by atoms with E-state index in [1.165, 1.54) is 11.1 Å². The van der Waals surface area contributed by atoms with Gasteiger partial charge in [-0.2, -0.15) is 0 Å². The lowest BCUT2D eigenvalue weighted by molar-refractivity contribution is -0.497. The van der Waals surface area contributed by atoms with Gasteiger partial charge in [0.2, 0.25) is 11.9 Å². The first-order valence-electron chi connectivity index (χ1n) is 11.7. The van der Waals surface area contributed by atoms with E-state index in [-0.39, 0.29) is 16.7 Å². The zero-order chi connectivity index (χ0) is 23.9. The minimum Gasteiger partial charge on any atom is -0.361 e. The highest BCUT2D eigenvalue weighted by atomic mass is 16.6. The van der Waals surface area contributed by atoms with Crippen LogP contribution in [0.3, 0.4) is 0 Å². The largest absolute Gasteiger partial charge is 0.361 e. The maximum absolute atomic E-state index is 12.7. The Morgan fingerprint density at radius 1 is 0.914 bits per heavy atom. The fourth-order valence-corrected chi connectivity index (χ4v) is 5.11. The summed E-state index contributed by atoms with van der Waals surface area (Å²) in [6, 6.07) is 23.5. The number of hydrogen-bond acceptors (Lipinski definition) is 3. The number of benzene rings is 3. The summed E-state index contributed by atoms with van der Waals surface area (Å²) < 4.78 is 0. The number of anilines is 1. The number of rotatable bonds is 7. The first-order valence-corrected chi connectivity index (χ1v) is 11.7. The van der Waals surface area contributed by atoms with Crippen molar-refractivity contribution in [3.05, 3.63) is 112 Å². The van der Waals surface area contributed by atoms with E-state index in [9.17, 15) is 14.9 Å². The molecule has 2 aromatic heterocycles. The SMILES string of the molecule is O=C(Nc1ccccc1CC(c1c[nH]c2ccccc12)c1c[nH]c2ccccc12)C1CC1[N+](=O)[O-]. The van der Waals surface area contributed by atoms with Crippen molar-refractivity contribution in [3.8, 4) is 0 Å². The monoisotopic (exact) mass is 464 g/mol. The van der Waals surface area contributed by atoms with Gasteiger partial charge in [0.15, 0.2) is 0 Å². The third-order valence-corrected chi connectivity index (χ3v) is 7.06. The molecule has 0 radical (unpaired) electrons. The van der Waals surface area contributed by atoms with Crippen LogP contribution >= 0.6 is 0 Å². The maximum atomic E-state index is 12.7. The Morgan fingerprint density at radius 2 is 1.49 bits per heavy atom. The average Bonchev–Trinajstić information content (AvgIpc) is 3.41. The molecule has 7 heteroatoms. The Bertz CT molecular complexity index is 1490. The topological polar surface area (TPSA) is 104 Å². The lowest BCUT2D eigenvalue weighted by Gasteiger charge is -2.19. The van der Waals surface area contributed by atoms with Crippen LogP contribution in [0.25, 0.3) is 21.8 Å². The predicted molar refractivity (Wildman–Crippen MR) is 136 cm³/mol. The standard InChI is InChI=1S/C28H24N4O3/c33-28(21-14-27(21)32(34)35)31-24-10-4-1-7-17(24)13-20(22-15-29-25-11-5-2-8-18(22)25)23-16-30-26-12-6-3-9-19(23)26/h1-12,15-16,20-21,27,29-30H,13-14H2,(H,31,33). The van der Waals surface area contributed by atoms with Gasteiger partial charge in [0.05, 0.1) is 0 Å². The van der Waals surface area contributed by atoms with Crippen LogP contribution in [0.1, 0.15) is 29.0 Å². The second-order valence-electron chi connectivity index (χ2n) is 9.18. The molecule has 2 heterocycles. The van der Waals surface area contributed by atoms with E-state index in [0.717, 1.165) is 27.4 Å². The van der Waals surface area contributed by atoms with Crippen LogP contribution < -0.4 is 5.32 Å². The first-order chi connectivity index (χ1) is 17.1. The van der Waals surface area contributed by atoms with E-state index < -0.39 is 12.0 Å². The minimum atomic E-state index is -0.771. The molecule has 1 saturated carbocycles. The van der Waals surface area contributed by atoms with Gasteiger partial charge in [-0.05, 0) is 41.3 Å². The van der Waals surface area contributed by atoms with Crippen molar-refractivity contribution < 1.29 is 9.72 Å². The van der Waals surface area contributed by atoms with E-state index >= 15 is 0 Å². The minimum absolute atomic E-state index is 0.0211. The van der Waals surface area contributed by atoms with Crippen molar-refractivity contribution in [2.75, 3.05) is 5.32 Å². The molecule has 0 spiro atoms. The number of fused-ring (bicyclic) bond motifs is 2. The smallest absolute Gasteiger partial charge is 0.234 e. The molecule has 3 aromatic carbocycles. The summed E-state index contributed by atoms with van der Waals surface area (Å²) in [7, 11) is 0. The highest BCUT2D eigenvalue weighted by molar-refractivity contribution is 5.95. The van der Waals surface area contributed by atoms with E-state index in [1.807, 2.05) is 48.5 Å². The molecule has 0 aliphatic heterocycles. The molecule has 3 N–H and O–H groups in total. The lowest BCUT2D eigenvalue weighted by atomic mass is 9.85. The van der Waals surface area contributed by atoms with Crippen molar-refractivity contribution in [1.29, 1.82) is 0 Å². The predicted octanol–water partition coefficient (Wildman–Crippen LogP) is 5.63. The Morgan fingerprint density at radius 3 is 2.09 bits per heavy atom. The molecular weight excluding hydrogens is 440 g/mol. The fraction of sp³-hybridized carbons (Fsp3) is 0.179. The molecule has 1 aliphatic rings. The van der Waals surface area contributed by atoms with Crippen LogP contribution in [0, 0.1) is 16.0 Å². The van der Waals surface area contributed by atoms with E-state index in [4.69, 9.17) is 0 Å². The quantitative estimate of drug-likeness (QED) is 0.215. The Balaban J connectivity index is 1.40. The van der Waals surface area contributed by atoms with Crippen LogP contribution in [0.4, 0.5) is 5.69 Å². The zero-order valence-electron chi connectivity index (χ0n) is 18.9. The number of H-pyrrole nitrogens is 2. The van der Waals surface area contributed by atoms with Crippen LogP contribution in [0.5, 0.6) is 0 Å². The van der Waals surface area contributed by atoms with E-state index in [0.29, 0.717) is 18.5 Å². The number of nitrogens with one attached hydrogen (secondary N) is 3. The molecule has 0 saturated heterocycles. The number of hydrogen-bond donors (Lipinski definition) is 3. The molecule has 0 bridgehead atoms. The maximum Gasteiger partial charge on any atom is 0.234 e. The average molecular weight is 465 g/mol. The summed E-state index contributed by atoms with van der Waals surface area (Å²) in [5, 5.41) is 16.3. The molecule has 1 fully saturated rings. The molecule has 2 atom stereocenters. The number of aromatic nitrogens is 2. The summed E-state index contributed by atoms with van der Waals surface area (Å²) >= 11 is 0. The van der Waals surface area contributed by atoms with Crippen molar-refractivity contribution in [1.82, 2.24) is 9.97 Å². The molecule has 7 nitrogen and oxygen atoms in total. The molecule has 35 heavy (non-hydrogen) atoms. The van der Waals surface area contributed by atoms with Gasteiger partial charge in [-0.3, -0.25) is 14.9 Å². The summed E-state index contributed by atoms with van der Waals surface area (Å²) in [5.74, 6) is -0.821. The van der Waals surface area contributed by atoms with Gasteiger partial charge in [0.25, 0.3) is 0 Å². The third-order valence-electron chi connectivity index (χ3n) is 7.06. The van der Waals surface area contributed by atoms with Gasteiger partial charge in [-0.1, -0.05) is 54.6 Å². The summed E-state index contributed by atoms with van der Waals surface area (Å²) in [6.07, 6.45) is 5.10. The Hall–Kier alpha value is -4.39. The highest BCUT2D eigenvalue weighted by Gasteiger charge is 2.53. The second kappa shape index (κ2) is 8.43. The van der Waals surface area contributed by atoms with Crippen molar-refractivity contribution in [2.45, 2.75) is 24.8 Å². The molecule has 1 aliphatic carbocycles. The van der Waals surface area contributed by atoms with Gasteiger partial charge in [-0.15, -0.1) is 0 Å². The molecule has 6 rings (SSSR count). The summed E-state index contributed by atoms with van der Waals surface area (Å²) in [4.78, 5) is 30.2. The summed E-state index contributed by atoms with van der Waals surface area (Å²) in [6.45, 7) is 0. The van der Waals surface area contributed by atoms with E-state index in [2.05, 4.69) is 51.9 Å². The number of amides is 1. The Labute approximate surface area is 201 Å². The van der Waals surface area contributed by atoms with Crippen molar-refractivity contribution >= 4 is 33.4 Å². The fourth-order valence-electron chi connectivity index (χ4n) is 5.11. The molecular formula is C28H24N4O3. The third kappa shape index (κ3) is 3.85. The van der Waals surface area contributed by atoms with Gasteiger partial charge in [0.1, 0.15) is 5.92 Å². The van der Waals surface area contributed by atoms with Crippen LogP contribution in [0.2, 0.25) is 0 Å². The molecule has 5 aromatic rings. The van der Waals surface area contributed by atoms with Gasteiger partial charge < -0.3 is 15.3 Å². The Kier molecular flexibility index (Phi) is 5.10. The number of nitro groups is 1. The number of carbonyl (C=O) groups is 1. The molecule has 1 amide bonds. The normalized spacial score (nSPS) is 17.2. The van der Waals surface area contributed by atoms with Gasteiger partial charge in [-0.25, -0.2) is 0 Å². The number of para-hydroxylation sites is 3. The molecule has 174 valence electrons. The lowest BCUT2D eigenvalue weighted by Crippen LogP contribution is -2.19. The van der Waals surface area contributed by atoms with Gasteiger partial charge >= 0.3 is 0 Å². The van der Waals surface area contributed by atoms with Crippen LogP contribution in [-0.4, -0.2) is 26.8 Å². The van der Waals surface area contributed by atoms with Crippen molar-refractivity contribution in [2.24, 2.45) is 5.92 Å². The van der Waals surface area contributed by atoms with E-state index in [1.54, 1.807) is 0 Å². The van der Waals surface area contributed by atoms with Crippen LogP contribution in [0.15, 0.2) is 85.2 Å². The number of aromatic amines is 2. The van der Waals surface area contributed by atoms with Crippen molar-refractivity contribution in [3.63, 3.8) is 0 Å². The zero-order valence-corrected chi connectivity index (χ0v) is 18.9.